The number of rotatable bonds is 10. The second-order valence-corrected chi connectivity index (χ2v) is 26.3. The lowest BCUT2D eigenvalue weighted by Gasteiger charge is -2.44. The van der Waals surface area contributed by atoms with Gasteiger partial charge in [-0.05, 0) is 69.5 Å². The first kappa shape index (κ1) is 36.7. The topological polar surface area (TPSA) is 90.9 Å². The normalized spacial score (nSPS) is 29.8. The molecule has 0 bridgehead atoms. The van der Waals surface area contributed by atoms with Crippen LogP contribution in [0.1, 0.15) is 74.8 Å². The van der Waals surface area contributed by atoms with E-state index in [0.717, 1.165) is 5.56 Å². The van der Waals surface area contributed by atoms with E-state index in [9.17, 15) is 4.79 Å². The van der Waals surface area contributed by atoms with E-state index in [1.165, 1.54) is 0 Å². The lowest BCUT2D eigenvalue weighted by molar-refractivity contribution is -0.231. The molecule has 0 spiro atoms. The van der Waals surface area contributed by atoms with Crippen molar-refractivity contribution < 1.29 is 42.1 Å². The van der Waals surface area contributed by atoms with Gasteiger partial charge in [0.05, 0.1) is 12.7 Å². The number of ether oxygens (including phenoxy) is 6. The van der Waals surface area contributed by atoms with Crippen molar-refractivity contribution in [2.24, 2.45) is 5.92 Å². The molecule has 9 nitrogen and oxygen atoms in total. The smallest absolute Gasteiger partial charge is 0.314 e. The van der Waals surface area contributed by atoms with Crippen molar-refractivity contribution >= 4 is 22.6 Å². The number of hydrogen-bond acceptors (Lipinski definition) is 9. The van der Waals surface area contributed by atoms with Gasteiger partial charge in [0.25, 0.3) is 0 Å². The number of hydrogen-bond donors (Lipinski definition) is 0. The molecule has 0 radical (unpaired) electrons. The molecule has 1 aromatic rings. The number of carbonyl (C=O) groups excluding carboxylic acids is 1. The van der Waals surface area contributed by atoms with Crippen molar-refractivity contribution in [2.45, 2.75) is 160 Å². The lowest BCUT2D eigenvalue weighted by Crippen LogP contribution is -2.56. The SMILES string of the molecule is CC1(C)O[C@@H]2[C@H](O1)[C@@H](O[Si](C)(C)C(C)(C)C)O[C@H]2[C@H](C(=O)OCc1ccccc1)[C@H](O[Si](C)(C)C(C)(C)C)[C@H]1COC(C)(C)O1. The standard InChI is InChI=1S/C34H58O9Si2/c1-31(2,3)44(11,12)42-25(23-21-37-33(7,8)39-23)24(29(35)36-20-22-18-16-15-17-19-22)26-27-28(41-34(9,10)40-27)30(38-26)43-45(13,14)32(4,5)6/h15-19,23-28,30H,20-21H2,1-14H3/t23-,24-,25-,26+,27+,28+,30-/m1/s1. The van der Waals surface area contributed by atoms with Crippen LogP contribution >= 0.6 is 0 Å². The molecule has 256 valence electrons. The van der Waals surface area contributed by atoms with Gasteiger partial charge in [-0.2, -0.15) is 0 Å². The zero-order valence-electron chi connectivity index (χ0n) is 30.0. The Morgan fingerprint density at radius 2 is 1.44 bits per heavy atom. The summed E-state index contributed by atoms with van der Waals surface area (Å²) in [5.41, 5.74) is 0.888. The Morgan fingerprint density at radius 1 is 0.867 bits per heavy atom. The van der Waals surface area contributed by atoms with Gasteiger partial charge in [-0.15, -0.1) is 0 Å². The summed E-state index contributed by atoms with van der Waals surface area (Å²) in [4.78, 5) is 14.5. The number of fused-ring (bicyclic) bond motifs is 1. The molecule has 11 heteroatoms. The molecule has 0 saturated carbocycles. The molecule has 0 amide bonds. The van der Waals surface area contributed by atoms with Gasteiger partial charge < -0.3 is 37.3 Å². The van der Waals surface area contributed by atoms with Crippen LogP contribution in [0, 0.1) is 5.92 Å². The quantitative estimate of drug-likeness (QED) is 0.191. The lowest BCUT2D eigenvalue weighted by atomic mass is 9.88. The third-order valence-electron chi connectivity index (χ3n) is 10.1. The van der Waals surface area contributed by atoms with Gasteiger partial charge >= 0.3 is 5.97 Å². The first-order chi connectivity index (χ1) is 20.4. The number of carbonyl (C=O) groups is 1. The van der Waals surface area contributed by atoms with Crippen LogP contribution in [0.15, 0.2) is 30.3 Å². The predicted octanol–water partition coefficient (Wildman–Crippen LogP) is 7.15. The molecular weight excluding hydrogens is 609 g/mol. The highest BCUT2D eigenvalue weighted by molar-refractivity contribution is 6.74. The number of esters is 1. The summed E-state index contributed by atoms with van der Waals surface area (Å²) < 4.78 is 52.3. The van der Waals surface area contributed by atoms with Crippen molar-refractivity contribution in [1.82, 2.24) is 0 Å². The maximum absolute atomic E-state index is 14.5. The zero-order chi connectivity index (χ0) is 33.8. The van der Waals surface area contributed by atoms with Crippen LogP contribution in [0.3, 0.4) is 0 Å². The van der Waals surface area contributed by atoms with Crippen LogP contribution in [0.4, 0.5) is 0 Å². The summed E-state index contributed by atoms with van der Waals surface area (Å²) in [7, 11) is -4.77. The molecular formula is C34H58O9Si2. The van der Waals surface area contributed by atoms with Gasteiger partial charge in [0.1, 0.15) is 36.9 Å². The first-order valence-electron chi connectivity index (χ1n) is 16.3. The first-order valence-corrected chi connectivity index (χ1v) is 22.1. The summed E-state index contributed by atoms with van der Waals surface area (Å²) in [6, 6.07) is 9.66. The molecule has 3 saturated heterocycles. The third kappa shape index (κ3) is 8.29. The Hall–Kier alpha value is -1.16. The average molecular weight is 667 g/mol. The Morgan fingerprint density at radius 3 is 1.98 bits per heavy atom. The van der Waals surface area contributed by atoms with Crippen LogP contribution < -0.4 is 0 Å². The van der Waals surface area contributed by atoms with Crippen LogP contribution in [0.25, 0.3) is 0 Å². The highest BCUT2D eigenvalue weighted by Crippen LogP contribution is 2.48. The molecule has 0 aromatic heterocycles. The Balaban J connectivity index is 1.78. The van der Waals surface area contributed by atoms with Crippen molar-refractivity contribution in [3.63, 3.8) is 0 Å². The van der Waals surface area contributed by atoms with E-state index in [0.29, 0.717) is 0 Å². The molecule has 4 rings (SSSR count). The second-order valence-electron chi connectivity index (χ2n) is 16.7. The van der Waals surface area contributed by atoms with Crippen LogP contribution in [0.5, 0.6) is 0 Å². The summed E-state index contributed by atoms with van der Waals surface area (Å²) in [5, 5.41) is -0.206. The second kappa shape index (κ2) is 12.7. The molecule has 3 fully saturated rings. The van der Waals surface area contributed by atoms with E-state index in [4.69, 9.17) is 37.3 Å². The molecule has 3 aliphatic rings. The van der Waals surface area contributed by atoms with E-state index in [1.807, 2.05) is 58.0 Å². The Bertz CT molecular complexity index is 1170. The highest BCUT2D eigenvalue weighted by Gasteiger charge is 2.63. The minimum Gasteiger partial charge on any atom is -0.460 e. The molecule has 3 heterocycles. The molecule has 0 unspecified atom stereocenters. The van der Waals surface area contributed by atoms with E-state index in [-0.39, 0.29) is 23.3 Å². The molecule has 1 aromatic carbocycles. The minimum absolute atomic E-state index is 0.0679. The van der Waals surface area contributed by atoms with Crippen molar-refractivity contribution in [2.75, 3.05) is 6.61 Å². The fraction of sp³-hybridized carbons (Fsp3) is 0.794. The van der Waals surface area contributed by atoms with Crippen LogP contribution in [-0.2, 0) is 48.7 Å². The van der Waals surface area contributed by atoms with Crippen LogP contribution in [-0.4, -0.2) is 77.6 Å². The maximum Gasteiger partial charge on any atom is 0.314 e. The van der Waals surface area contributed by atoms with Gasteiger partial charge in [0.15, 0.2) is 34.5 Å². The van der Waals surface area contributed by atoms with Crippen molar-refractivity contribution in [1.29, 1.82) is 0 Å². The Labute approximate surface area is 273 Å². The van der Waals surface area contributed by atoms with Crippen LogP contribution in [0.2, 0.25) is 36.3 Å². The van der Waals surface area contributed by atoms with Crippen molar-refractivity contribution in [3.05, 3.63) is 35.9 Å². The highest BCUT2D eigenvalue weighted by atomic mass is 28.4. The molecule has 0 aliphatic carbocycles. The third-order valence-corrected chi connectivity index (χ3v) is 19.0. The summed E-state index contributed by atoms with van der Waals surface area (Å²) in [6.45, 7) is 29.7. The molecule has 45 heavy (non-hydrogen) atoms. The van der Waals surface area contributed by atoms with E-state index in [1.54, 1.807) is 0 Å². The van der Waals surface area contributed by atoms with Gasteiger partial charge in [-0.25, -0.2) is 0 Å². The maximum atomic E-state index is 14.5. The van der Waals surface area contributed by atoms with Gasteiger partial charge in [-0.3, -0.25) is 4.79 Å². The van der Waals surface area contributed by atoms with E-state index in [2.05, 4.69) is 67.7 Å². The summed E-state index contributed by atoms with van der Waals surface area (Å²) >= 11 is 0. The Kier molecular flexibility index (Phi) is 10.4. The van der Waals surface area contributed by atoms with Crippen molar-refractivity contribution in [3.8, 4) is 0 Å². The minimum atomic E-state index is -2.47. The summed E-state index contributed by atoms with van der Waals surface area (Å²) in [5.74, 6) is -3.08. The largest absolute Gasteiger partial charge is 0.460 e. The summed E-state index contributed by atoms with van der Waals surface area (Å²) in [6.07, 6.45) is -3.91. The fourth-order valence-corrected chi connectivity index (χ4v) is 7.95. The van der Waals surface area contributed by atoms with E-state index >= 15 is 0 Å². The number of benzene rings is 1. The fourth-order valence-electron chi connectivity index (χ4n) is 5.50. The molecule has 3 aliphatic heterocycles. The van der Waals surface area contributed by atoms with Gasteiger partial charge in [0, 0.05) is 0 Å². The van der Waals surface area contributed by atoms with Gasteiger partial charge in [0.2, 0.25) is 0 Å². The predicted molar refractivity (Wildman–Crippen MR) is 177 cm³/mol. The zero-order valence-corrected chi connectivity index (χ0v) is 32.0. The molecule has 0 N–H and O–H groups in total. The monoisotopic (exact) mass is 666 g/mol. The van der Waals surface area contributed by atoms with Gasteiger partial charge in [-0.1, -0.05) is 71.9 Å². The van der Waals surface area contributed by atoms with E-state index < -0.39 is 76.9 Å². The average Bonchev–Trinajstić information content (AvgIpc) is 3.51. The molecule has 7 atom stereocenters.